The lowest BCUT2D eigenvalue weighted by Gasteiger charge is -2.04. The van der Waals surface area contributed by atoms with Crippen LogP contribution in [-0.2, 0) is 0 Å². The van der Waals surface area contributed by atoms with Crippen LogP contribution in [0.4, 0.5) is 0 Å². The molecule has 1 aromatic carbocycles. The molecule has 0 aliphatic rings. The van der Waals surface area contributed by atoms with Crippen molar-refractivity contribution in [1.29, 1.82) is 0 Å². The highest BCUT2D eigenvalue weighted by molar-refractivity contribution is 5.85. The minimum Gasteiger partial charge on any atom is -0.481 e. The number of ether oxygens (including phenoxy) is 1. The first-order valence-electron chi connectivity index (χ1n) is 5.04. The van der Waals surface area contributed by atoms with Crippen LogP contribution < -0.4 is 10.1 Å². The molecule has 88 valence electrons. The predicted octanol–water partition coefficient (Wildman–Crippen LogP) is 2.33. The van der Waals surface area contributed by atoms with Gasteiger partial charge in [-0.2, -0.15) is 0 Å². The van der Waals surface area contributed by atoms with E-state index < -0.39 is 0 Å². The van der Waals surface area contributed by atoms with Gasteiger partial charge in [-0.3, -0.25) is 0 Å². The Balaban J connectivity index is 0.00000225. The van der Waals surface area contributed by atoms with Crippen LogP contribution in [0.15, 0.2) is 18.2 Å². The van der Waals surface area contributed by atoms with Gasteiger partial charge in [0.25, 0.3) is 0 Å². The standard InChI is InChI=1S/C13H17NO.ClH/c1-11-8-12(2)10-13(9-11)15-7-5-4-6-14-3;/h8-10,14H,6-7H2,1-3H3;1H. The molecule has 1 N–H and O–H groups in total. The number of rotatable bonds is 3. The van der Waals surface area contributed by atoms with Gasteiger partial charge in [-0.25, -0.2) is 0 Å². The van der Waals surface area contributed by atoms with Gasteiger partial charge >= 0.3 is 0 Å². The molecule has 3 heteroatoms. The summed E-state index contributed by atoms with van der Waals surface area (Å²) in [5, 5.41) is 2.96. The number of benzene rings is 1. The van der Waals surface area contributed by atoms with Crippen molar-refractivity contribution < 1.29 is 4.74 Å². The van der Waals surface area contributed by atoms with Crippen molar-refractivity contribution in [3.05, 3.63) is 29.3 Å². The van der Waals surface area contributed by atoms with E-state index in [-0.39, 0.29) is 12.4 Å². The Morgan fingerprint density at radius 1 is 1.12 bits per heavy atom. The van der Waals surface area contributed by atoms with Crippen LogP contribution in [0.2, 0.25) is 0 Å². The van der Waals surface area contributed by atoms with Crippen molar-refractivity contribution in [2.45, 2.75) is 13.8 Å². The van der Waals surface area contributed by atoms with Gasteiger partial charge in [0.05, 0.1) is 6.54 Å². The molecule has 2 nitrogen and oxygen atoms in total. The Kier molecular flexibility index (Phi) is 7.45. The maximum atomic E-state index is 5.51. The van der Waals surface area contributed by atoms with Gasteiger partial charge in [0, 0.05) is 0 Å². The third-order valence-corrected chi connectivity index (χ3v) is 1.90. The van der Waals surface area contributed by atoms with Gasteiger partial charge in [0.15, 0.2) is 0 Å². The van der Waals surface area contributed by atoms with Crippen LogP contribution in [0.3, 0.4) is 0 Å². The normalized spacial score (nSPS) is 8.69. The van der Waals surface area contributed by atoms with Crippen LogP contribution in [-0.4, -0.2) is 20.2 Å². The number of halogens is 1. The zero-order valence-corrected chi connectivity index (χ0v) is 10.8. The number of nitrogens with one attached hydrogen (secondary N) is 1. The highest BCUT2D eigenvalue weighted by Crippen LogP contribution is 2.15. The fraction of sp³-hybridized carbons (Fsp3) is 0.385. The highest BCUT2D eigenvalue weighted by atomic mass is 35.5. The Morgan fingerprint density at radius 2 is 1.75 bits per heavy atom. The van der Waals surface area contributed by atoms with Gasteiger partial charge < -0.3 is 10.1 Å². The topological polar surface area (TPSA) is 21.3 Å². The van der Waals surface area contributed by atoms with Crippen LogP contribution in [0, 0.1) is 25.7 Å². The molecule has 0 bridgehead atoms. The van der Waals surface area contributed by atoms with E-state index >= 15 is 0 Å². The molecule has 0 saturated carbocycles. The molecule has 16 heavy (non-hydrogen) atoms. The molecule has 0 heterocycles. The summed E-state index contributed by atoms with van der Waals surface area (Å²) in [6.45, 7) is 5.28. The minimum absolute atomic E-state index is 0. The van der Waals surface area contributed by atoms with Gasteiger partial charge in [0.2, 0.25) is 0 Å². The van der Waals surface area contributed by atoms with Gasteiger partial charge in [-0.1, -0.05) is 17.9 Å². The molecule has 1 aromatic rings. The van der Waals surface area contributed by atoms with E-state index in [4.69, 9.17) is 4.74 Å². The Labute approximate surface area is 104 Å². The summed E-state index contributed by atoms with van der Waals surface area (Å²) < 4.78 is 5.51. The van der Waals surface area contributed by atoms with Crippen molar-refractivity contribution in [2.24, 2.45) is 0 Å². The molecule has 1 rings (SSSR count). The molecular formula is C13H18ClNO. The summed E-state index contributed by atoms with van der Waals surface area (Å²) in [6.07, 6.45) is 0. The molecule has 0 saturated heterocycles. The third kappa shape index (κ3) is 5.65. The van der Waals surface area contributed by atoms with Crippen molar-refractivity contribution in [3.8, 4) is 17.6 Å². The molecule has 0 fully saturated rings. The van der Waals surface area contributed by atoms with E-state index in [1.165, 1.54) is 11.1 Å². The van der Waals surface area contributed by atoms with E-state index in [0.717, 1.165) is 5.75 Å². The average Bonchev–Trinajstić information content (AvgIpc) is 2.16. The second-order valence-corrected chi connectivity index (χ2v) is 3.50. The Morgan fingerprint density at radius 3 is 2.31 bits per heavy atom. The molecule has 0 atom stereocenters. The van der Waals surface area contributed by atoms with E-state index in [2.05, 4.69) is 37.1 Å². The number of hydrogen-bond donors (Lipinski definition) is 1. The van der Waals surface area contributed by atoms with E-state index in [0.29, 0.717) is 13.2 Å². The molecular weight excluding hydrogens is 222 g/mol. The summed E-state index contributed by atoms with van der Waals surface area (Å²) in [4.78, 5) is 0. The maximum absolute atomic E-state index is 5.51. The van der Waals surface area contributed by atoms with Crippen molar-refractivity contribution in [3.63, 3.8) is 0 Å². The van der Waals surface area contributed by atoms with Gasteiger partial charge in [-0.15, -0.1) is 12.4 Å². The summed E-state index contributed by atoms with van der Waals surface area (Å²) >= 11 is 0. The fourth-order valence-corrected chi connectivity index (χ4v) is 1.34. The number of aryl methyl sites for hydroxylation is 2. The van der Waals surface area contributed by atoms with E-state index in [1.807, 2.05) is 19.2 Å². The molecule has 0 aliphatic carbocycles. The number of hydrogen-bond acceptors (Lipinski definition) is 2. The highest BCUT2D eigenvalue weighted by Gasteiger charge is 1.94. The van der Waals surface area contributed by atoms with Crippen LogP contribution in [0.25, 0.3) is 0 Å². The molecule has 0 spiro atoms. The summed E-state index contributed by atoms with van der Waals surface area (Å²) in [5.41, 5.74) is 2.43. The second-order valence-electron chi connectivity index (χ2n) is 3.50. The lowest BCUT2D eigenvalue weighted by molar-refractivity contribution is 0.369. The predicted molar refractivity (Wildman–Crippen MR) is 70.4 cm³/mol. The first-order valence-corrected chi connectivity index (χ1v) is 5.04. The minimum atomic E-state index is 0. The molecule has 0 unspecified atom stereocenters. The first kappa shape index (κ1) is 14.8. The molecule has 0 radical (unpaired) electrons. The van der Waals surface area contributed by atoms with Crippen LogP contribution in [0.5, 0.6) is 5.75 Å². The average molecular weight is 240 g/mol. The van der Waals surface area contributed by atoms with Crippen molar-refractivity contribution in [2.75, 3.05) is 20.2 Å². The Hall–Kier alpha value is -1.17. The summed E-state index contributed by atoms with van der Waals surface area (Å²) in [6, 6.07) is 6.17. The lowest BCUT2D eigenvalue weighted by atomic mass is 10.1. The van der Waals surface area contributed by atoms with Crippen LogP contribution in [0.1, 0.15) is 11.1 Å². The van der Waals surface area contributed by atoms with E-state index in [1.54, 1.807) is 0 Å². The van der Waals surface area contributed by atoms with E-state index in [9.17, 15) is 0 Å². The van der Waals surface area contributed by atoms with Gasteiger partial charge in [-0.05, 0) is 44.2 Å². The summed E-state index contributed by atoms with van der Waals surface area (Å²) in [7, 11) is 1.87. The third-order valence-electron chi connectivity index (χ3n) is 1.90. The fourth-order valence-electron chi connectivity index (χ4n) is 1.34. The quantitative estimate of drug-likeness (QED) is 0.818. The smallest absolute Gasteiger partial charge is 0.149 e. The molecule has 0 aliphatic heterocycles. The maximum Gasteiger partial charge on any atom is 0.149 e. The van der Waals surface area contributed by atoms with Crippen molar-refractivity contribution >= 4 is 12.4 Å². The van der Waals surface area contributed by atoms with Gasteiger partial charge in [0.1, 0.15) is 12.4 Å². The molecule has 0 aromatic heterocycles. The molecule has 0 amide bonds. The SMILES string of the molecule is CNCC#CCOc1cc(C)cc(C)c1.Cl. The second kappa shape index (κ2) is 8.04. The monoisotopic (exact) mass is 239 g/mol. The Bertz CT molecular complexity index is 359. The zero-order valence-electron chi connectivity index (χ0n) is 9.96. The zero-order chi connectivity index (χ0) is 11.1. The largest absolute Gasteiger partial charge is 0.481 e. The lowest BCUT2D eigenvalue weighted by Crippen LogP contribution is -2.05. The van der Waals surface area contributed by atoms with Crippen LogP contribution >= 0.6 is 12.4 Å². The van der Waals surface area contributed by atoms with Crippen molar-refractivity contribution in [1.82, 2.24) is 5.32 Å². The summed E-state index contributed by atoms with van der Waals surface area (Å²) in [5.74, 6) is 6.78. The first-order chi connectivity index (χ1) is 7.22.